The summed E-state index contributed by atoms with van der Waals surface area (Å²) in [7, 11) is 0. The van der Waals surface area contributed by atoms with Gasteiger partial charge in [-0.3, -0.25) is 4.72 Å². The molecule has 0 saturated carbocycles. The van der Waals surface area contributed by atoms with Gasteiger partial charge in [-0.05, 0) is 19.4 Å². The maximum absolute atomic E-state index is 10.3. The Kier molecular flexibility index (Phi) is 4.84. The van der Waals surface area contributed by atoms with Crippen LogP contribution in [0, 0.1) is 6.92 Å². The molecule has 1 unspecified atom stereocenters. The van der Waals surface area contributed by atoms with Crippen LogP contribution >= 0.6 is 11.9 Å². The molecule has 1 atom stereocenters. The first-order valence-electron chi connectivity index (χ1n) is 5.60. The third-order valence-electron chi connectivity index (χ3n) is 2.41. The summed E-state index contributed by atoms with van der Waals surface area (Å²) in [6, 6.07) is 8.02. The Labute approximate surface area is 103 Å². The number of hydrogen-bond donors (Lipinski definition) is 2. The van der Waals surface area contributed by atoms with Gasteiger partial charge in [-0.15, -0.1) is 0 Å². The molecule has 3 heteroatoms. The molecule has 0 heterocycles. The van der Waals surface area contributed by atoms with E-state index in [9.17, 15) is 5.11 Å². The van der Waals surface area contributed by atoms with Crippen LogP contribution in [0.15, 0.2) is 24.3 Å². The standard InChI is InChI=1S/C13H21NOS/c1-10(2)16-14-9-13(4,15)12-7-5-11(3)6-8-12/h5-8,10,14-15H,9H2,1-4H3. The number of hydrogen-bond acceptors (Lipinski definition) is 3. The van der Waals surface area contributed by atoms with Gasteiger partial charge in [-0.2, -0.15) is 0 Å². The van der Waals surface area contributed by atoms with Gasteiger partial charge in [0.1, 0.15) is 5.60 Å². The van der Waals surface area contributed by atoms with Crippen molar-refractivity contribution >= 4 is 11.9 Å². The van der Waals surface area contributed by atoms with Crippen LogP contribution in [0.5, 0.6) is 0 Å². The molecule has 0 aromatic heterocycles. The lowest BCUT2D eigenvalue weighted by Gasteiger charge is -2.24. The van der Waals surface area contributed by atoms with E-state index in [1.165, 1.54) is 5.56 Å². The molecular formula is C13H21NOS. The van der Waals surface area contributed by atoms with Crippen LogP contribution in [-0.2, 0) is 5.60 Å². The smallest absolute Gasteiger partial charge is 0.100 e. The van der Waals surface area contributed by atoms with Crippen molar-refractivity contribution in [3.8, 4) is 0 Å². The minimum absolute atomic E-state index is 0.522. The fourth-order valence-electron chi connectivity index (χ4n) is 1.36. The van der Waals surface area contributed by atoms with Gasteiger partial charge < -0.3 is 5.11 Å². The second-order valence-electron chi connectivity index (χ2n) is 4.63. The Morgan fingerprint density at radius 2 is 1.88 bits per heavy atom. The second-order valence-corrected chi connectivity index (χ2v) is 6.09. The van der Waals surface area contributed by atoms with E-state index >= 15 is 0 Å². The lowest BCUT2D eigenvalue weighted by atomic mass is 9.95. The molecule has 2 N–H and O–H groups in total. The maximum Gasteiger partial charge on any atom is 0.100 e. The molecule has 0 aliphatic heterocycles. The number of aryl methyl sites for hydroxylation is 1. The van der Waals surface area contributed by atoms with E-state index in [1.807, 2.05) is 38.1 Å². The molecular weight excluding hydrogens is 218 g/mol. The Morgan fingerprint density at radius 3 is 2.38 bits per heavy atom. The molecule has 90 valence electrons. The summed E-state index contributed by atoms with van der Waals surface area (Å²) in [6.45, 7) is 8.69. The lowest BCUT2D eigenvalue weighted by molar-refractivity contribution is 0.0635. The zero-order valence-corrected chi connectivity index (χ0v) is 11.3. The first-order chi connectivity index (χ1) is 7.42. The fraction of sp³-hybridized carbons (Fsp3) is 0.538. The summed E-state index contributed by atoms with van der Waals surface area (Å²) in [5, 5.41) is 10.8. The Hall–Kier alpha value is -0.510. The van der Waals surface area contributed by atoms with Crippen LogP contribution in [-0.4, -0.2) is 16.9 Å². The highest BCUT2D eigenvalue weighted by Crippen LogP contribution is 2.21. The van der Waals surface area contributed by atoms with Crippen LogP contribution in [0.3, 0.4) is 0 Å². The first-order valence-corrected chi connectivity index (χ1v) is 6.48. The predicted molar refractivity (Wildman–Crippen MR) is 71.5 cm³/mol. The van der Waals surface area contributed by atoms with E-state index in [0.29, 0.717) is 11.8 Å². The molecule has 0 amide bonds. The van der Waals surface area contributed by atoms with Crippen LogP contribution in [0.4, 0.5) is 0 Å². The highest BCUT2D eigenvalue weighted by molar-refractivity contribution is 7.97. The molecule has 0 aliphatic carbocycles. The van der Waals surface area contributed by atoms with Gasteiger partial charge in [0.05, 0.1) is 0 Å². The molecule has 0 saturated heterocycles. The fourth-order valence-corrected chi connectivity index (χ4v) is 2.06. The average molecular weight is 239 g/mol. The normalized spacial score (nSPS) is 15.1. The predicted octanol–water partition coefficient (Wildman–Crippen LogP) is 2.85. The van der Waals surface area contributed by atoms with E-state index in [2.05, 4.69) is 18.6 Å². The summed E-state index contributed by atoms with van der Waals surface area (Å²) < 4.78 is 3.20. The van der Waals surface area contributed by atoms with Gasteiger partial charge in [-0.25, -0.2) is 0 Å². The van der Waals surface area contributed by atoms with Gasteiger partial charge in [0.2, 0.25) is 0 Å². The highest BCUT2D eigenvalue weighted by atomic mass is 32.2. The summed E-state index contributed by atoms with van der Waals surface area (Å²) in [5.74, 6) is 0. The van der Waals surface area contributed by atoms with Gasteiger partial charge in [0.25, 0.3) is 0 Å². The van der Waals surface area contributed by atoms with E-state index in [1.54, 1.807) is 11.9 Å². The van der Waals surface area contributed by atoms with E-state index < -0.39 is 5.60 Å². The van der Waals surface area contributed by atoms with Crippen LogP contribution in [0.25, 0.3) is 0 Å². The number of nitrogens with one attached hydrogen (secondary N) is 1. The monoisotopic (exact) mass is 239 g/mol. The molecule has 2 nitrogen and oxygen atoms in total. The van der Waals surface area contributed by atoms with Crippen molar-refractivity contribution in [1.29, 1.82) is 0 Å². The molecule has 0 spiro atoms. The van der Waals surface area contributed by atoms with Gasteiger partial charge in [0, 0.05) is 11.8 Å². The van der Waals surface area contributed by atoms with Gasteiger partial charge in [0.15, 0.2) is 0 Å². The molecule has 0 aliphatic rings. The molecule has 1 aromatic rings. The highest BCUT2D eigenvalue weighted by Gasteiger charge is 2.22. The largest absolute Gasteiger partial charge is 0.384 e. The molecule has 0 bridgehead atoms. The molecule has 0 fully saturated rings. The molecule has 1 rings (SSSR count). The third kappa shape index (κ3) is 4.16. The van der Waals surface area contributed by atoms with Crippen molar-refractivity contribution in [1.82, 2.24) is 4.72 Å². The first kappa shape index (κ1) is 13.6. The van der Waals surface area contributed by atoms with E-state index in [4.69, 9.17) is 0 Å². The third-order valence-corrected chi connectivity index (χ3v) is 3.19. The number of benzene rings is 1. The van der Waals surface area contributed by atoms with E-state index in [0.717, 1.165) is 5.56 Å². The number of aliphatic hydroxyl groups is 1. The second kappa shape index (κ2) is 5.71. The summed E-state index contributed by atoms with van der Waals surface area (Å²) in [6.07, 6.45) is 0. The summed E-state index contributed by atoms with van der Waals surface area (Å²) >= 11 is 1.65. The molecule has 0 radical (unpaired) electrons. The van der Waals surface area contributed by atoms with Crippen molar-refractivity contribution in [3.63, 3.8) is 0 Å². The Morgan fingerprint density at radius 1 is 1.31 bits per heavy atom. The van der Waals surface area contributed by atoms with Crippen LogP contribution < -0.4 is 4.72 Å². The van der Waals surface area contributed by atoms with Gasteiger partial charge >= 0.3 is 0 Å². The Balaban J connectivity index is 2.59. The summed E-state index contributed by atoms with van der Waals surface area (Å²) in [5.41, 5.74) is 1.36. The Bertz CT molecular complexity index is 319. The minimum Gasteiger partial charge on any atom is -0.384 e. The van der Waals surface area contributed by atoms with Crippen LogP contribution in [0.1, 0.15) is 31.9 Å². The molecule has 16 heavy (non-hydrogen) atoms. The van der Waals surface area contributed by atoms with Crippen molar-refractivity contribution in [2.75, 3.05) is 6.54 Å². The maximum atomic E-state index is 10.3. The minimum atomic E-state index is -0.810. The van der Waals surface area contributed by atoms with Crippen molar-refractivity contribution in [3.05, 3.63) is 35.4 Å². The summed E-state index contributed by atoms with van der Waals surface area (Å²) in [4.78, 5) is 0. The van der Waals surface area contributed by atoms with Crippen LogP contribution in [0.2, 0.25) is 0 Å². The quantitative estimate of drug-likeness (QED) is 0.775. The SMILES string of the molecule is Cc1ccc(C(C)(O)CNSC(C)C)cc1. The zero-order chi connectivity index (χ0) is 12.2. The van der Waals surface area contributed by atoms with Crippen molar-refractivity contribution in [2.24, 2.45) is 0 Å². The van der Waals surface area contributed by atoms with Crippen molar-refractivity contribution < 1.29 is 5.11 Å². The topological polar surface area (TPSA) is 32.3 Å². The molecule has 1 aromatic carbocycles. The average Bonchev–Trinajstić information content (AvgIpc) is 2.17. The van der Waals surface area contributed by atoms with E-state index in [-0.39, 0.29) is 0 Å². The van der Waals surface area contributed by atoms with Gasteiger partial charge in [-0.1, -0.05) is 55.6 Å². The number of rotatable bonds is 5. The zero-order valence-electron chi connectivity index (χ0n) is 10.4. The van der Waals surface area contributed by atoms with Crippen molar-refractivity contribution in [2.45, 2.75) is 38.5 Å². The lowest BCUT2D eigenvalue weighted by Crippen LogP contribution is -2.33.